The van der Waals surface area contributed by atoms with Gasteiger partial charge in [0, 0.05) is 6.54 Å². The monoisotopic (exact) mass is 134 g/mol. The Bertz CT molecular complexity index is 68.0. The van der Waals surface area contributed by atoms with E-state index in [1.165, 1.54) is 0 Å². The van der Waals surface area contributed by atoms with E-state index in [4.69, 9.17) is 15.9 Å². The van der Waals surface area contributed by atoms with Crippen LogP contribution in [0.2, 0.25) is 0 Å². The molecule has 0 heterocycles. The Morgan fingerprint density at radius 1 is 1.67 bits per heavy atom. The molecule has 0 aromatic rings. The van der Waals surface area contributed by atoms with Crippen molar-refractivity contribution in [3.63, 3.8) is 0 Å². The highest BCUT2D eigenvalue weighted by molar-refractivity contribution is 4.58. The molecule has 5 N–H and O–H groups in total. The summed E-state index contributed by atoms with van der Waals surface area (Å²) in [5.41, 5.74) is 5.25. The second kappa shape index (κ2) is 4.69. The zero-order valence-electron chi connectivity index (χ0n) is 5.54. The van der Waals surface area contributed by atoms with Crippen LogP contribution >= 0.6 is 0 Å². The highest BCUT2D eigenvalue weighted by Gasteiger charge is 1.99. The van der Waals surface area contributed by atoms with E-state index in [0.29, 0.717) is 6.54 Å². The molecule has 0 aliphatic carbocycles. The van der Waals surface area contributed by atoms with Gasteiger partial charge in [-0.15, -0.1) is 0 Å². The van der Waals surface area contributed by atoms with Gasteiger partial charge in [0.05, 0.1) is 18.9 Å². The largest absolute Gasteiger partial charge is 0.393 e. The Kier molecular flexibility index (Phi) is 4.61. The molecule has 56 valence electrons. The van der Waals surface area contributed by atoms with Crippen LogP contribution in [0.15, 0.2) is 0 Å². The van der Waals surface area contributed by atoms with E-state index in [9.17, 15) is 0 Å². The van der Waals surface area contributed by atoms with Crippen LogP contribution in [-0.2, 0) is 0 Å². The Hall–Kier alpha value is -0.160. The van der Waals surface area contributed by atoms with Crippen LogP contribution in [0.4, 0.5) is 0 Å². The standard InChI is InChI=1S/C5H14N2O2/c1-4(9)2-7-5(6)3-8/h4-5,7-9H,2-3,6H2,1H3. The lowest BCUT2D eigenvalue weighted by atomic mass is 10.4. The van der Waals surface area contributed by atoms with Gasteiger partial charge in [-0.3, -0.25) is 5.32 Å². The number of rotatable bonds is 4. The number of aliphatic hydroxyl groups is 2. The molecule has 0 aromatic heterocycles. The third kappa shape index (κ3) is 5.72. The number of hydrogen-bond acceptors (Lipinski definition) is 4. The summed E-state index contributed by atoms with van der Waals surface area (Å²) in [5.74, 6) is 0. The van der Waals surface area contributed by atoms with E-state index in [-0.39, 0.29) is 6.61 Å². The van der Waals surface area contributed by atoms with Crippen LogP contribution in [0.3, 0.4) is 0 Å². The van der Waals surface area contributed by atoms with Gasteiger partial charge in [-0.25, -0.2) is 0 Å². The summed E-state index contributed by atoms with van der Waals surface area (Å²) in [6.45, 7) is 1.96. The predicted octanol–water partition coefficient (Wildman–Crippen LogP) is -1.77. The lowest BCUT2D eigenvalue weighted by Gasteiger charge is -2.11. The molecule has 2 atom stereocenters. The Balaban J connectivity index is 3.06. The molecule has 4 nitrogen and oxygen atoms in total. The van der Waals surface area contributed by atoms with E-state index in [2.05, 4.69) is 5.32 Å². The summed E-state index contributed by atoms with van der Waals surface area (Å²) < 4.78 is 0. The zero-order chi connectivity index (χ0) is 7.28. The van der Waals surface area contributed by atoms with Gasteiger partial charge in [-0.2, -0.15) is 0 Å². The molecule has 0 radical (unpaired) electrons. The maximum atomic E-state index is 8.70. The first-order valence-electron chi connectivity index (χ1n) is 2.94. The average molecular weight is 134 g/mol. The van der Waals surface area contributed by atoms with Gasteiger partial charge in [0.2, 0.25) is 0 Å². The second-order valence-electron chi connectivity index (χ2n) is 2.05. The van der Waals surface area contributed by atoms with Crippen molar-refractivity contribution in [3.8, 4) is 0 Å². The molecule has 0 bridgehead atoms. The quantitative estimate of drug-likeness (QED) is 0.343. The van der Waals surface area contributed by atoms with Gasteiger partial charge in [0.1, 0.15) is 0 Å². The SMILES string of the molecule is CC(O)CNC(N)CO. The number of aliphatic hydroxyl groups excluding tert-OH is 2. The van der Waals surface area contributed by atoms with E-state index in [0.717, 1.165) is 0 Å². The number of hydrogen-bond donors (Lipinski definition) is 4. The van der Waals surface area contributed by atoms with Crippen molar-refractivity contribution in [2.75, 3.05) is 13.2 Å². The first-order valence-corrected chi connectivity index (χ1v) is 2.94. The van der Waals surface area contributed by atoms with E-state index >= 15 is 0 Å². The van der Waals surface area contributed by atoms with Gasteiger partial charge in [0.15, 0.2) is 0 Å². The molecule has 0 amide bonds. The molecule has 0 aromatic carbocycles. The maximum Gasteiger partial charge on any atom is 0.0785 e. The van der Waals surface area contributed by atoms with Crippen LogP contribution < -0.4 is 11.1 Å². The highest BCUT2D eigenvalue weighted by atomic mass is 16.3. The molecule has 4 heteroatoms. The molecule has 2 unspecified atom stereocenters. The van der Waals surface area contributed by atoms with Crippen molar-refractivity contribution >= 4 is 0 Å². The fourth-order valence-electron chi connectivity index (χ4n) is 0.386. The van der Waals surface area contributed by atoms with Crippen molar-refractivity contribution in [1.82, 2.24) is 5.32 Å². The Morgan fingerprint density at radius 3 is 2.56 bits per heavy atom. The predicted molar refractivity (Wildman–Crippen MR) is 34.7 cm³/mol. The van der Waals surface area contributed by atoms with Gasteiger partial charge in [0.25, 0.3) is 0 Å². The highest BCUT2D eigenvalue weighted by Crippen LogP contribution is 1.75. The Morgan fingerprint density at radius 2 is 2.22 bits per heavy atom. The summed E-state index contributed by atoms with van der Waals surface area (Å²) in [4.78, 5) is 0. The summed E-state index contributed by atoms with van der Waals surface area (Å²) >= 11 is 0. The second-order valence-corrected chi connectivity index (χ2v) is 2.05. The summed E-state index contributed by atoms with van der Waals surface area (Å²) in [6, 6.07) is 0. The summed E-state index contributed by atoms with van der Waals surface area (Å²) in [7, 11) is 0. The molecule has 0 aliphatic heterocycles. The molecule has 0 fully saturated rings. The molecular formula is C5H14N2O2. The van der Waals surface area contributed by atoms with Crippen molar-refractivity contribution in [2.45, 2.75) is 19.2 Å². The molecule has 0 rings (SSSR count). The van der Waals surface area contributed by atoms with Gasteiger partial charge < -0.3 is 15.9 Å². The van der Waals surface area contributed by atoms with Crippen molar-refractivity contribution < 1.29 is 10.2 Å². The van der Waals surface area contributed by atoms with E-state index in [1.807, 2.05) is 0 Å². The molecule has 0 saturated heterocycles. The fraction of sp³-hybridized carbons (Fsp3) is 1.00. The van der Waals surface area contributed by atoms with E-state index in [1.54, 1.807) is 6.92 Å². The minimum Gasteiger partial charge on any atom is -0.393 e. The van der Waals surface area contributed by atoms with Gasteiger partial charge in [-0.1, -0.05) is 0 Å². The lowest BCUT2D eigenvalue weighted by molar-refractivity contribution is 0.173. The smallest absolute Gasteiger partial charge is 0.0785 e. The molecule has 0 aliphatic rings. The van der Waals surface area contributed by atoms with Crippen molar-refractivity contribution in [3.05, 3.63) is 0 Å². The molecule has 0 spiro atoms. The lowest BCUT2D eigenvalue weighted by Crippen LogP contribution is -2.43. The summed E-state index contributed by atoms with van der Waals surface area (Å²) in [5, 5.41) is 19.8. The van der Waals surface area contributed by atoms with Crippen LogP contribution in [0.1, 0.15) is 6.92 Å². The number of nitrogens with two attached hydrogens (primary N) is 1. The zero-order valence-corrected chi connectivity index (χ0v) is 5.54. The molecule has 0 saturated carbocycles. The van der Waals surface area contributed by atoms with Crippen LogP contribution in [0, 0.1) is 0 Å². The first kappa shape index (κ1) is 8.84. The molecular weight excluding hydrogens is 120 g/mol. The minimum atomic E-state index is -0.417. The maximum absolute atomic E-state index is 8.70. The normalized spacial score (nSPS) is 17.3. The third-order valence-corrected chi connectivity index (χ3v) is 0.872. The van der Waals surface area contributed by atoms with E-state index < -0.39 is 12.3 Å². The number of nitrogens with one attached hydrogen (secondary N) is 1. The topological polar surface area (TPSA) is 78.5 Å². The fourth-order valence-corrected chi connectivity index (χ4v) is 0.386. The average Bonchev–Trinajstić information content (AvgIpc) is 1.83. The van der Waals surface area contributed by atoms with Crippen LogP contribution in [-0.4, -0.2) is 35.6 Å². The summed E-state index contributed by atoms with van der Waals surface area (Å²) in [6.07, 6.45) is -0.831. The molecule has 9 heavy (non-hydrogen) atoms. The Labute approximate surface area is 54.7 Å². The first-order chi connectivity index (χ1) is 4.16. The van der Waals surface area contributed by atoms with Crippen LogP contribution in [0.5, 0.6) is 0 Å². The van der Waals surface area contributed by atoms with Gasteiger partial charge in [-0.05, 0) is 6.92 Å². The third-order valence-electron chi connectivity index (χ3n) is 0.872. The van der Waals surface area contributed by atoms with Crippen molar-refractivity contribution in [1.29, 1.82) is 0 Å². The minimum absolute atomic E-state index is 0.104. The van der Waals surface area contributed by atoms with Crippen molar-refractivity contribution in [2.24, 2.45) is 5.73 Å². The van der Waals surface area contributed by atoms with Gasteiger partial charge >= 0.3 is 0 Å². The van der Waals surface area contributed by atoms with Crippen LogP contribution in [0.25, 0.3) is 0 Å².